The molecule has 0 aliphatic carbocycles. The van der Waals surface area contributed by atoms with E-state index < -0.39 is 18.1 Å². The van der Waals surface area contributed by atoms with Gasteiger partial charge in [-0.25, -0.2) is 4.98 Å². The number of thiazole rings is 1. The molecular weight excluding hydrogens is 366 g/mol. The van der Waals surface area contributed by atoms with E-state index in [1.807, 2.05) is 30.3 Å². The van der Waals surface area contributed by atoms with Gasteiger partial charge in [-0.2, -0.15) is 0 Å². The molecule has 0 unspecified atom stereocenters. The molecule has 3 aromatic rings. The van der Waals surface area contributed by atoms with Crippen molar-refractivity contribution < 1.29 is 19.1 Å². The van der Waals surface area contributed by atoms with Crippen LogP contribution in [-0.4, -0.2) is 35.6 Å². The van der Waals surface area contributed by atoms with Crippen molar-refractivity contribution in [3.8, 4) is 11.5 Å². The van der Waals surface area contributed by atoms with Gasteiger partial charge in [-0.1, -0.05) is 35.6 Å². The number of ether oxygens (including phenoxy) is 2. The second-order valence-electron chi connectivity index (χ2n) is 6.07. The molecule has 0 bridgehead atoms. The Morgan fingerprint density at radius 3 is 2.70 bits per heavy atom. The van der Waals surface area contributed by atoms with Gasteiger partial charge in [0.15, 0.2) is 16.6 Å². The Morgan fingerprint density at radius 1 is 1.15 bits per heavy atom. The van der Waals surface area contributed by atoms with Gasteiger partial charge < -0.3 is 20.1 Å². The van der Waals surface area contributed by atoms with Crippen molar-refractivity contribution in [2.24, 2.45) is 0 Å². The molecule has 1 aromatic heterocycles. The van der Waals surface area contributed by atoms with Crippen LogP contribution in [0.25, 0.3) is 10.2 Å². The molecule has 2 N–H and O–H groups in total. The van der Waals surface area contributed by atoms with Crippen LogP contribution in [0.2, 0.25) is 0 Å². The quantitative estimate of drug-likeness (QED) is 0.723. The maximum atomic E-state index is 12.4. The van der Waals surface area contributed by atoms with E-state index in [1.165, 1.54) is 11.3 Å². The second-order valence-corrected chi connectivity index (χ2v) is 7.10. The van der Waals surface area contributed by atoms with E-state index in [0.717, 1.165) is 10.2 Å². The van der Waals surface area contributed by atoms with E-state index in [0.29, 0.717) is 16.6 Å². The minimum absolute atomic E-state index is 0.0923. The summed E-state index contributed by atoms with van der Waals surface area (Å²) in [5.74, 6) is 0.356. The maximum Gasteiger partial charge on any atom is 0.265 e. The molecule has 138 valence electrons. The van der Waals surface area contributed by atoms with E-state index in [2.05, 4.69) is 15.6 Å². The van der Waals surface area contributed by atoms with Gasteiger partial charge in [-0.05, 0) is 31.2 Å². The average molecular weight is 383 g/mol. The minimum Gasteiger partial charge on any atom is -0.485 e. The van der Waals surface area contributed by atoms with Crippen LogP contribution in [0.5, 0.6) is 11.5 Å². The highest BCUT2D eigenvalue weighted by atomic mass is 32.1. The first kappa shape index (κ1) is 17.3. The molecule has 1 aliphatic heterocycles. The number of aromatic nitrogens is 1. The summed E-state index contributed by atoms with van der Waals surface area (Å²) in [5, 5.41) is 5.89. The molecule has 27 heavy (non-hydrogen) atoms. The predicted octanol–water partition coefficient (Wildman–Crippen LogP) is 2.58. The summed E-state index contributed by atoms with van der Waals surface area (Å²) in [6.07, 6.45) is -0.808. The van der Waals surface area contributed by atoms with Crippen molar-refractivity contribution in [3.05, 3.63) is 48.5 Å². The lowest BCUT2D eigenvalue weighted by molar-refractivity contribution is -0.133. The molecule has 0 saturated carbocycles. The highest BCUT2D eigenvalue weighted by Gasteiger charge is 2.29. The number of fused-ring (bicyclic) bond motifs is 2. The number of carbonyl (C=O) groups is 2. The number of benzene rings is 2. The number of carbonyl (C=O) groups excluding carboxylic acids is 2. The van der Waals surface area contributed by atoms with Gasteiger partial charge in [0.25, 0.3) is 5.91 Å². The molecule has 0 spiro atoms. The SMILES string of the molecule is C[C@@H](NC(=O)[C@@H]1COc2ccccc2O1)C(=O)Nc1nc2ccccc2s1. The third-order valence-corrected chi connectivity index (χ3v) is 5.03. The van der Waals surface area contributed by atoms with Gasteiger partial charge in [-0.3, -0.25) is 9.59 Å². The van der Waals surface area contributed by atoms with Crippen LogP contribution in [0.1, 0.15) is 6.92 Å². The first-order valence-electron chi connectivity index (χ1n) is 8.45. The zero-order valence-electron chi connectivity index (χ0n) is 14.5. The Kier molecular flexibility index (Phi) is 4.64. The average Bonchev–Trinajstić information content (AvgIpc) is 3.09. The summed E-state index contributed by atoms with van der Waals surface area (Å²) in [4.78, 5) is 29.1. The van der Waals surface area contributed by atoms with Crippen LogP contribution < -0.4 is 20.1 Å². The zero-order valence-corrected chi connectivity index (χ0v) is 15.3. The standard InChI is InChI=1S/C19H17N3O4S/c1-11(17(23)22-19-21-12-6-2-5-9-16(12)27-19)20-18(24)15-10-25-13-7-3-4-8-14(13)26-15/h2-9,11,15H,10H2,1H3,(H,20,24)(H,21,22,23)/t11-,15+/m1/s1. The van der Waals surface area contributed by atoms with E-state index in [-0.39, 0.29) is 12.5 Å². The summed E-state index contributed by atoms with van der Waals surface area (Å²) < 4.78 is 12.2. The number of hydrogen-bond acceptors (Lipinski definition) is 6. The number of nitrogens with zero attached hydrogens (tertiary/aromatic N) is 1. The van der Waals surface area contributed by atoms with E-state index in [1.54, 1.807) is 25.1 Å². The van der Waals surface area contributed by atoms with Crippen LogP contribution in [0.3, 0.4) is 0 Å². The molecule has 0 fully saturated rings. The normalized spacial score (nSPS) is 16.6. The largest absolute Gasteiger partial charge is 0.485 e. The monoisotopic (exact) mass is 383 g/mol. The lowest BCUT2D eigenvalue weighted by Crippen LogP contribution is -2.50. The van der Waals surface area contributed by atoms with Crippen LogP contribution in [0.4, 0.5) is 5.13 Å². The van der Waals surface area contributed by atoms with Crippen molar-refractivity contribution >= 4 is 38.5 Å². The van der Waals surface area contributed by atoms with Crippen molar-refractivity contribution in [3.63, 3.8) is 0 Å². The van der Waals surface area contributed by atoms with Crippen molar-refractivity contribution in [2.75, 3.05) is 11.9 Å². The topological polar surface area (TPSA) is 89.5 Å². The Morgan fingerprint density at radius 2 is 1.89 bits per heavy atom. The van der Waals surface area contributed by atoms with Crippen LogP contribution in [0.15, 0.2) is 48.5 Å². The highest BCUT2D eigenvalue weighted by Crippen LogP contribution is 2.31. The fraction of sp³-hybridized carbons (Fsp3) is 0.211. The van der Waals surface area contributed by atoms with Crippen LogP contribution >= 0.6 is 11.3 Å². The number of nitrogens with one attached hydrogen (secondary N) is 2. The third kappa shape index (κ3) is 3.70. The number of anilines is 1. The smallest absolute Gasteiger partial charge is 0.265 e. The molecular formula is C19H17N3O4S. The third-order valence-electron chi connectivity index (χ3n) is 4.08. The molecule has 2 aromatic carbocycles. The Labute approximate surface area is 159 Å². The molecule has 2 amide bonds. The van der Waals surface area contributed by atoms with E-state index >= 15 is 0 Å². The van der Waals surface area contributed by atoms with Gasteiger partial charge in [-0.15, -0.1) is 0 Å². The van der Waals surface area contributed by atoms with Gasteiger partial charge in [0.2, 0.25) is 12.0 Å². The van der Waals surface area contributed by atoms with Gasteiger partial charge in [0, 0.05) is 0 Å². The molecule has 0 saturated heterocycles. The molecule has 4 rings (SSSR count). The van der Waals surface area contributed by atoms with Crippen molar-refractivity contribution in [1.82, 2.24) is 10.3 Å². The molecule has 0 radical (unpaired) electrons. The Hall–Kier alpha value is -3.13. The predicted molar refractivity (Wildman–Crippen MR) is 102 cm³/mol. The zero-order chi connectivity index (χ0) is 18.8. The second kappa shape index (κ2) is 7.24. The number of amides is 2. The number of hydrogen-bond donors (Lipinski definition) is 2. The van der Waals surface area contributed by atoms with Gasteiger partial charge in [0.05, 0.1) is 10.2 Å². The maximum absolute atomic E-state index is 12.4. The van der Waals surface area contributed by atoms with Gasteiger partial charge in [0.1, 0.15) is 12.6 Å². The Bertz CT molecular complexity index is 970. The summed E-state index contributed by atoms with van der Waals surface area (Å²) in [5.41, 5.74) is 0.820. The lowest BCUT2D eigenvalue weighted by Gasteiger charge is -2.26. The molecule has 2 atom stereocenters. The van der Waals surface area contributed by atoms with Crippen molar-refractivity contribution in [2.45, 2.75) is 19.1 Å². The fourth-order valence-corrected chi connectivity index (χ4v) is 3.53. The first-order chi connectivity index (χ1) is 13.1. The lowest BCUT2D eigenvalue weighted by atomic mass is 10.2. The number of para-hydroxylation sites is 3. The molecule has 8 heteroatoms. The summed E-state index contributed by atoms with van der Waals surface area (Å²) in [6, 6.07) is 14.0. The molecule has 1 aliphatic rings. The highest BCUT2D eigenvalue weighted by molar-refractivity contribution is 7.22. The fourth-order valence-electron chi connectivity index (χ4n) is 2.66. The molecule has 7 nitrogen and oxygen atoms in total. The van der Waals surface area contributed by atoms with Crippen LogP contribution in [0, 0.1) is 0 Å². The minimum atomic E-state index is -0.808. The number of rotatable bonds is 4. The van der Waals surface area contributed by atoms with Gasteiger partial charge >= 0.3 is 0 Å². The first-order valence-corrected chi connectivity index (χ1v) is 9.27. The van der Waals surface area contributed by atoms with E-state index in [9.17, 15) is 9.59 Å². The van der Waals surface area contributed by atoms with Crippen molar-refractivity contribution in [1.29, 1.82) is 0 Å². The summed E-state index contributed by atoms with van der Waals surface area (Å²) in [6.45, 7) is 1.70. The van der Waals surface area contributed by atoms with E-state index in [4.69, 9.17) is 9.47 Å². The summed E-state index contributed by atoms with van der Waals surface area (Å²) >= 11 is 1.38. The summed E-state index contributed by atoms with van der Waals surface area (Å²) in [7, 11) is 0. The Balaban J connectivity index is 1.36. The van der Waals surface area contributed by atoms with Crippen LogP contribution in [-0.2, 0) is 9.59 Å². The molecule has 2 heterocycles.